The normalized spacial score (nSPS) is 13.9. The SMILES string of the molecule is CCN(CC)S(=O)(=O)c1ccc(/C=C/C(=O)Nc2sc3c(c2C#N)CCCC3)cc1. The summed E-state index contributed by atoms with van der Waals surface area (Å²) in [5.41, 5.74) is 2.38. The van der Waals surface area contributed by atoms with Crippen molar-refractivity contribution in [2.75, 3.05) is 18.4 Å². The van der Waals surface area contributed by atoms with Crippen molar-refractivity contribution in [2.24, 2.45) is 0 Å². The maximum atomic E-state index is 12.5. The molecule has 0 saturated heterocycles. The van der Waals surface area contributed by atoms with E-state index in [2.05, 4.69) is 11.4 Å². The fourth-order valence-electron chi connectivity index (χ4n) is 3.56. The average molecular weight is 444 g/mol. The second-order valence-electron chi connectivity index (χ2n) is 7.01. The third-order valence-electron chi connectivity index (χ3n) is 5.17. The standard InChI is InChI=1S/C22H25N3O3S2/c1-3-25(4-2)30(27,28)17-12-9-16(10-13-17)11-14-21(26)24-22-19(15-23)18-7-5-6-8-20(18)29-22/h9-14H,3-8H2,1-2H3,(H,24,26)/b14-11+. The Kier molecular flexibility index (Phi) is 7.08. The van der Waals surface area contributed by atoms with E-state index in [1.165, 1.54) is 26.6 Å². The smallest absolute Gasteiger partial charge is 0.249 e. The minimum absolute atomic E-state index is 0.232. The van der Waals surface area contributed by atoms with Gasteiger partial charge in [0.2, 0.25) is 15.9 Å². The molecule has 0 radical (unpaired) electrons. The molecule has 1 heterocycles. The van der Waals surface area contributed by atoms with Crippen LogP contribution < -0.4 is 5.32 Å². The number of thiophene rings is 1. The van der Waals surface area contributed by atoms with Crippen molar-refractivity contribution in [3.63, 3.8) is 0 Å². The van der Waals surface area contributed by atoms with E-state index in [1.54, 1.807) is 44.2 Å². The number of amides is 1. The van der Waals surface area contributed by atoms with Crippen molar-refractivity contribution >= 4 is 38.3 Å². The molecule has 0 atom stereocenters. The number of nitrogens with one attached hydrogen (secondary N) is 1. The van der Waals surface area contributed by atoms with E-state index in [0.717, 1.165) is 36.8 Å². The van der Waals surface area contributed by atoms with Crippen LogP contribution in [-0.2, 0) is 27.7 Å². The van der Waals surface area contributed by atoms with E-state index in [4.69, 9.17) is 0 Å². The van der Waals surface area contributed by atoms with Gasteiger partial charge in [-0.3, -0.25) is 4.79 Å². The van der Waals surface area contributed by atoms with Gasteiger partial charge in [0, 0.05) is 24.0 Å². The first-order valence-electron chi connectivity index (χ1n) is 10.0. The van der Waals surface area contributed by atoms with Crippen LogP contribution in [-0.4, -0.2) is 31.7 Å². The number of benzene rings is 1. The monoisotopic (exact) mass is 443 g/mol. The van der Waals surface area contributed by atoms with Crippen LogP contribution in [0.3, 0.4) is 0 Å². The molecule has 6 nitrogen and oxygen atoms in total. The van der Waals surface area contributed by atoms with Crippen LogP contribution in [0.15, 0.2) is 35.2 Å². The molecule has 1 aliphatic rings. The summed E-state index contributed by atoms with van der Waals surface area (Å²) in [6.45, 7) is 4.44. The lowest BCUT2D eigenvalue weighted by molar-refractivity contribution is -0.111. The Morgan fingerprint density at radius 2 is 1.87 bits per heavy atom. The van der Waals surface area contributed by atoms with Gasteiger partial charge in [-0.25, -0.2) is 8.42 Å². The fraction of sp³-hybridized carbons (Fsp3) is 0.364. The number of nitrogens with zero attached hydrogens (tertiary/aromatic N) is 2. The fourth-order valence-corrected chi connectivity index (χ4v) is 6.26. The molecule has 0 bridgehead atoms. The van der Waals surface area contributed by atoms with Gasteiger partial charge in [0.25, 0.3) is 0 Å². The van der Waals surface area contributed by atoms with Gasteiger partial charge in [-0.2, -0.15) is 9.57 Å². The number of anilines is 1. The molecule has 0 fully saturated rings. The van der Waals surface area contributed by atoms with Gasteiger partial charge in [0.15, 0.2) is 0 Å². The molecule has 2 aromatic rings. The van der Waals surface area contributed by atoms with E-state index in [9.17, 15) is 18.5 Å². The maximum absolute atomic E-state index is 12.5. The van der Waals surface area contributed by atoms with Crippen molar-refractivity contribution in [2.45, 2.75) is 44.4 Å². The van der Waals surface area contributed by atoms with Crippen molar-refractivity contribution < 1.29 is 13.2 Å². The molecule has 0 spiro atoms. The minimum Gasteiger partial charge on any atom is -0.313 e. The van der Waals surface area contributed by atoms with Crippen LogP contribution in [0.1, 0.15) is 48.3 Å². The summed E-state index contributed by atoms with van der Waals surface area (Å²) in [5.74, 6) is -0.315. The van der Waals surface area contributed by atoms with Gasteiger partial charge >= 0.3 is 0 Å². The molecule has 0 unspecified atom stereocenters. The molecule has 158 valence electrons. The summed E-state index contributed by atoms with van der Waals surface area (Å²) in [7, 11) is -3.50. The van der Waals surface area contributed by atoms with E-state index in [0.29, 0.717) is 23.7 Å². The summed E-state index contributed by atoms with van der Waals surface area (Å²) < 4.78 is 26.5. The third-order valence-corrected chi connectivity index (χ3v) is 8.44. The van der Waals surface area contributed by atoms with E-state index >= 15 is 0 Å². The molecule has 1 aromatic heterocycles. The van der Waals surface area contributed by atoms with Gasteiger partial charge in [-0.1, -0.05) is 26.0 Å². The Morgan fingerprint density at radius 3 is 2.50 bits per heavy atom. The molecule has 1 aliphatic carbocycles. The van der Waals surface area contributed by atoms with Gasteiger partial charge in [0.1, 0.15) is 11.1 Å². The Hall–Kier alpha value is -2.47. The van der Waals surface area contributed by atoms with Crippen molar-refractivity contribution in [1.29, 1.82) is 5.26 Å². The third kappa shape index (κ3) is 4.64. The second-order valence-corrected chi connectivity index (χ2v) is 10.1. The predicted octanol–water partition coefficient (Wildman–Crippen LogP) is 4.18. The molecule has 3 rings (SSSR count). The number of aryl methyl sites for hydroxylation is 1. The summed E-state index contributed by atoms with van der Waals surface area (Å²) in [5, 5.41) is 12.9. The van der Waals surface area contributed by atoms with Gasteiger partial charge in [-0.05, 0) is 55.0 Å². The summed E-state index contributed by atoms with van der Waals surface area (Å²) >= 11 is 1.49. The molecular weight excluding hydrogens is 418 g/mol. The quantitative estimate of drug-likeness (QED) is 0.650. The van der Waals surface area contributed by atoms with E-state index in [-0.39, 0.29) is 10.8 Å². The number of hydrogen-bond acceptors (Lipinski definition) is 5. The van der Waals surface area contributed by atoms with Crippen LogP contribution in [0.5, 0.6) is 0 Å². The number of fused-ring (bicyclic) bond motifs is 1. The molecule has 1 amide bonds. The number of nitriles is 1. The van der Waals surface area contributed by atoms with Crippen LogP contribution in [0.25, 0.3) is 6.08 Å². The maximum Gasteiger partial charge on any atom is 0.249 e. The van der Waals surface area contributed by atoms with Crippen molar-refractivity contribution in [1.82, 2.24) is 4.31 Å². The highest BCUT2D eigenvalue weighted by Crippen LogP contribution is 2.37. The molecule has 30 heavy (non-hydrogen) atoms. The van der Waals surface area contributed by atoms with Crippen molar-refractivity contribution in [3.05, 3.63) is 51.9 Å². The lowest BCUT2D eigenvalue weighted by atomic mass is 9.96. The van der Waals surface area contributed by atoms with Crippen molar-refractivity contribution in [3.8, 4) is 6.07 Å². The molecule has 1 aromatic carbocycles. The largest absolute Gasteiger partial charge is 0.313 e. The van der Waals surface area contributed by atoms with E-state index < -0.39 is 10.0 Å². The molecule has 8 heteroatoms. The van der Waals surface area contributed by atoms with Gasteiger partial charge in [-0.15, -0.1) is 11.3 Å². The highest BCUT2D eigenvalue weighted by molar-refractivity contribution is 7.89. The first-order chi connectivity index (χ1) is 14.4. The first kappa shape index (κ1) is 22.2. The molecular formula is C22H25N3O3S2. The number of sulfonamides is 1. The first-order valence-corrected chi connectivity index (χ1v) is 12.3. The second kappa shape index (κ2) is 9.56. The van der Waals surface area contributed by atoms with Crippen LogP contribution in [0, 0.1) is 11.3 Å². The molecule has 1 N–H and O–H groups in total. The summed E-state index contributed by atoms with van der Waals surface area (Å²) in [6.07, 6.45) is 7.07. The Bertz CT molecular complexity index is 1090. The lowest BCUT2D eigenvalue weighted by Gasteiger charge is -2.18. The molecule has 0 aliphatic heterocycles. The number of rotatable bonds is 7. The summed E-state index contributed by atoms with van der Waals surface area (Å²) in [4.78, 5) is 13.8. The van der Waals surface area contributed by atoms with Crippen LogP contribution in [0.4, 0.5) is 5.00 Å². The Morgan fingerprint density at radius 1 is 1.20 bits per heavy atom. The zero-order valence-electron chi connectivity index (χ0n) is 17.1. The van der Waals surface area contributed by atoms with E-state index in [1.807, 2.05) is 0 Å². The lowest BCUT2D eigenvalue weighted by Crippen LogP contribution is -2.30. The molecule has 0 saturated carbocycles. The predicted molar refractivity (Wildman–Crippen MR) is 120 cm³/mol. The highest BCUT2D eigenvalue weighted by Gasteiger charge is 2.22. The topological polar surface area (TPSA) is 90.3 Å². The minimum atomic E-state index is -3.50. The highest BCUT2D eigenvalue weighted by atomic mass is 32.2. The van der Waals surface area contributed by atoms with Gasteiger partial charge < -0.3 is 5.32 Å². The van der Waals surface area contributed by atoms with Gasteiger partial charge in [0.05, 0.1) is 10.5 Å². The van der Waals surface area contributed by atoms with Crippen LogP contribution in [0.2, 0.25) is 0 Å². The Balaban J connectivity index is 1.70. The number of carbonyl (C=O) groups excluding carboxylic acids is 1. The average Bonchev–Trinajstić information content (AvgIpc) is 3.10. The number of carbonyl (C=O) groups is 1. The van der Waals surface area contributed by atoms with Crippen LogP contribution >= 0.6 is 11.3 Å². The zero-order valence-corrected chi connectivity index (χ0v) is 18.8. The summed E-state index contributed by atoms with van der Waals surface area (Å²) in [6, 6.07) is 8.67. The Labute approximate surface area is 181 Å². The zero-order chi connectivity index (χ0) is 21.7. The number of hydrogen-bond donors (Lipinski definition) is 1.